The lowest BCUT2D eigenvalue weighted by molar-refractivity contribution is 0.0699. The number of carboxylic acids is 1. The lowest BCUT2D eigenvalue weighted by atomic mass is 10.2. The van der Waals surface area contributed by atoms with Crippen molar-refractivity contribution in [2.75, 3.05) is 6.61 Å². The number of hydrogen-bond donors (Lipinski definition) is 1. The molecule has 3 aromatic rings. The summed E-state index contributed by atoms with van der Waals surface area (Å²) < 4.78 is 7.36. The van der Waals surface area contributed by atoms with Crippen molar-refractivity contribution in [1.29, 1.82) is 0 Å². The molecule has 0 bridgehead atoms. The molecule has 1 aromatic carbocycles. The predicted molar refractivity (Wildman–Crippen MR) is 106 cm³/mol. The fourth-order valence-corrected chi connectivity index (χ4v) is 3.91. The Labute approximate surface area is 161 Å². The molecule has 7 heteroatoms. The van der Waals surface area contributed by atoms with Crippen molar-refractivity contribution in [2.45, 2.75) is 39.7 Å². The molecule has 3 rings (SSSR count). The first-order valence-electron chi connectivity index (χ1n) is 8.95. The van der Waals surface area contributed by atoms with Crippen LogP contribution >= 0.6 is 11.3 Å². The maximum absolute atomic E-state index is 12.9. The summed E-state index contributed by atoms with van der Waals surface area (Å²) in [6, 6.07) is 7.81. The molecule has 0 fully saturated rings. The Bertz CT molecular complexity index is 1020. The van der Waals surface area contributed by atoms with E-state index in [2.05, 4.69) is 4.98 Å². The number of ether oxygens (including phenoxy) is 1. The summed E-state index contributed by atoms with van der Waals surface area (Å²) in [4.78, 5) is 29.4. The highest BCUT2D eigenvalue weighted by Gasteiger charge is 2.19. The number of rotatable bonds is 8. The molecule has 2 aromatic heterocycles. The molecule has 0 amide bonds. The molecular weight excluding hydrogens is 364 g/mol. The molecule has 0 atom stereocenters. The second-order valence-electron chi connectivity index (χ2n) is 6.39. The minimum absolute atomic E-state index is 0.0281. The number of fused-ring (bicyclic) bond motifs is 1. The van der Waals surface area contributed by atoms with Gasteiger partial charge >= 0.3 is 5.97 Å². The molecule has 0 aliphatic rings. The monoisotopic (exact) mass is 386 g/mol. The second-order valence-corrected chi connectivity index (χ2v) is 7.25. The SMILES string of the molecule is CCCc1nc2scc(C(=O)O)c2c(=O)n1CCCOc1cccc(C)c1. The number of benzene rings is 1. The molecular formula is C20H22N2O4S. The Hall–Kier alpha value is -2.67. The van der Waals surface area contributed by atoms with Crippen LogP contribution in [0.15, 0.2) is 34.4 Å². The highest BCUT2D eigenvalue weighted by molar-refractivity contribution is 7.17. The zero-order valence-corrected chi connectivity index (χ0v) is 16.2. The average molecular weight is 386 g/mol. The molecule has 0 saturated heterocycles. The van der Waals surface area contributed by atoms with Crippen molar-refractivity contribution >= 4 is 27.5 Å². The summed E-state index contributed by atoms with van der Waals surface area (Å²) in [5.41, 5.74) is 0.875. The van der Waals surface area contributed by atoms with E-state index < -0.39 is 5.97 Å². The Morgan fingerprint density at radius 3 is 2.89 bits per heavy atom. The van der Waals surface area contributed by atoms with Crippen molar-refractivity contribution < 1.29 is 14.6 Å². The Kier molecular flexibility index (Phi) is 5.91. The van der Waals surface area contributed by atoms with Gasteiger partial charge in [-0.3, -0.25) is 9.36 Å². The molecule has 0 radical (unpaired) electrons. The topological polar surface area (TPSA) is 81.4 Å². The maximum Gasteiger partial charge on any atom is 0.337 e. The van der Waals surface area contributed by atoms with Crippen molar-refractivity contribution in [1.82, 2.24) is 9.55 Å². The fourth-order valence-electron chi connectivity index (χ4n) is 2.99. The van der Waals surface area contributed by atoms with Crippen molar-refractivity contribution in [3.63, 3.8) is 0 Å². The van der Waals surface area contributed by atoms with E-state index in [1.54, 1.807) is 4.57 Å². The molecule has 0 aliphatic heterocycles. The molecule has 0 saturated carbocycles. The third-order valence-electron chi connectivity index (χ3n) is 4.26. The van der Waals surface area contributed by atoms with Crippen LogP contribution in [0.2, 0.25) is 0 Å². The minimum Gasteiger partial charge on any atom is -0.494 e. The summed E-state index contributed by atoms with van der Waals surface area (Å²) in [6.45, 7) is 4.94. The highest BCUT2D eigenvalue weighted by atomic mass is 32.1. The summed E-state index contributed by atoms with van der Waals surface area (Å²) in [7, 11) is 0. The lowest BCUT2D eigenvalue weighted by Gasteiger charge is -2.13. The normalized spacial score (nSPS) is 11.0. The van der Waals surface area contributed by atoms with Gasteiger partial charge in [0.15, 0.2) is 0 Å². The van der Waals surface area contributed by atoms with E-state index in [1.165, 1.54) is 16.7 Å². The van der Waals surface area contributed by atoms with Crippen LogP contribution in [0.1, 0.15) is 41.5 Å². The molecule has 0 unspecified atom stereocenters. The smallest absolute Gasteiger partial charge is 0.337 e. The highest BCUT2D eigenvalue weighted by Crippen LogP contribution is 2.22. The van der Waals surface area contributed by atoms with Gasteiger partial charge in [-0.2, -0.15) is 0 Å². The maximum atomic E-state index is 12.9. The van der Waals surface area contributed by atoms with E-state index in [0.717, 1.165) is 17.7 Å². The number of carbonyl (C=O) groups is 1. The number of aryl methyl sites for hydroxylation is 2. The predicted octanol–water partition coefficient (Wildman–Crippen LogP) is 3.89. The van der Waals surface area contributed by atoms with Gasteiger partial charge in [-0.25, -0.2) is 9.78 Å². The Balaban J connectivity index is 1.82. The van der Waals surface area contributed by atoms with Gasteiger partial charge in [-0.15, -0.1) is 11.3 Å². The van der Waals surface area contributed by atoms with Crippen LogP contribution in [-0.2, 0) is 13.0 Å². The van der Waals surface area contributed by atoms with Gasteiger partial charge in [0.25, 0.3) is 5.56 Å². The lowest BCUT2D eigenvalue weighted by Crippen LogP contribution is -2.26. The van der Waals surface area contributed by atoms with Crippen LogP contribution in [0.5, 0.6) is 5.75 Å². The molecule has 0 aliphatic carbocycles. The summed E-state index contributed by atoms with van der Waals surface area (Å²) in [6.07, 6.45) is 2.16. The third-order valence-corrected chi connectivity index (χ3v) is 5.13. The van der Waals surface area contributed by atoms with Crippen molar-refractivity contribution in [3.05, 3.63) is 57.0 Å². The van der Waals surface area contributed by atoms with Gasteiger partial charge in [0, 0.05) is 18.3 Å². The molecule has 1 N–H and O–H groups in total. The minimum atomic E-state index is -1.10. The van der Waals surface area contributed by atoms with E-state index in [9.17, 15) is 14.7 Å². The Morgan fingerprint density at radius 1 is 1.37 bits per heavy atom. The van der Waals surface area contributed by atoms with Gasteiger partial charge < -0.3 is 9.84 Å². The molecule has 6 nitrogen and oxygen atoms in total. The van der Waals surface area contributed by atoms with Gasteiger partial charge in [0.1, 0.15) is 16.4 Å². The second kappa shape index (κ2) is 8.35. The largest absolute Gasteiger partial charge is 0.494 e. The molecule has 2 heterocycles. The van der Waals surface area contributed by atoms with Crippen LogP contribution in [0.4, 0.5) is 0 Å². The zero-order chi connectivity index (χ0) is 19.4. The van der Waals surface area contributed by atoms with E-state index in [-0.39, 0.29) is 16.5 Å². The first-order chi connectivity index (χ1) is 13.0. The quantitative estimate of drug-likeness (QED) is 0.594. The van der Waals surface area contributed by atoms with Gasteiger partial charge in [-0.05, 0) is 37.5 Å². The number of aromatic carboxylic acids is 1. The Morgan fingerprint density at radius 2 is 2.19 bits per heavy atom. The number of thiophene rings is 1. The number of nitrogens with zero attached hydrogens (tertiary/aromatic N) is 2. The average Bonchev–Trinajstić information content (AvgIpc) is 3.05. The summed E-state index contributed by atoms with van der Waals surface area (Å²) >= 11 is 1.20. The van der Waals surface area contributed by atoms with Gasteiger partial charge in [-0.1, -0.05) is 19.1 Å². The zero-order valence-electron chi connectivity index (χ0n) is 15.4. The molecule has 27 heavy (non-hydrogen) atoms. The third kappa shape index (κ3) is 4.19. The fraction of sp³-hybridized carbons (Fsp3) is 0.350. The van der Waals surface area contributed by atoms with Gasteiger partial charge in [0.05, 0.1) is 17.6 Å². The van der Waals surface area contributed by atoms with E-state index in [0.29, 0.717) is 36.6 Å². The molecule has 142 valence electrons. The molecule has 0 spiro atoms. The number of hydrogen-bond acceptors (Lipinski definition) is 5. The summed E-state index contributed by atoms with van der Waals surface area (Å²) in [5.74, 6) is 0.401. The van der Waals surface area contributed by atoms with Crippen molar-refractivity contribution in [2.24, 2.45) is 0 Å². The van der Waals surface area contributed by atoms with E-state index in [1.807, 2.05) is 38.1 Å². The number of aromatic nitrogens is 2. The van der Waals surface area contributed by atoms with Crippen LogP contribution in [0.3, 0.4) is 0 Å². The van der Waals surface area contributed by atoms with E-state index >= 15 is 0 Å². The summed E-state index contributed by atoms with van der Waals surface area (Å²) in [5, 5.41) is 11.0. The van der Waals surface area contributed by atoms with Gasteiger partial charge in [0.2, 0.25) is 0 Å². The van der Waals surface area contributed by atoms with Crippen LogP contribution in [-0.4, -0.2) is 27.2 Å². The number of carboxylic acid groups (broad SMARTS) is 1. The van der Waals surface area contributed by atoms with Crippen LogP contribution in [0.25, 0.3) is 10.2 Å². The van der Waals surface area contributed by atoms with E-state index in [4.69, 9.17) is 4.74 Å². The van der Waals surface area contributed by atoms with Crippen LogP contribution in [0, 0.1) is 6.92 Å². The van der Waals surface area contributed by atoms with Crippen molar-refractivity contribution in [3.8, 4) is 5.75 Å². The van der Waals surface area contributed by atoms with Crippen LogP contribution < -0.4 is 10.3 Å². The first kappa shape index (κ1) is 19.1. The first-order valence-corrected chi connectivity index (χ1v) is 9.83. The standard InChI is InChI=1S/C20H22N2O4S/c1-3-6-16-21-18-17(15(12-27-18)20(24)25)19(23)22(16)9-5-10-26-14-8-4-7-13(2)11-14/h4,7-8,11-12H,3,5-6,9-10H2,1-2H3,(H,24,25).